The van der Waals surface area contributed by atoms with Crippen LogP contribution in [-0.4, -0.2) is 44.7 Å². The molecular weight excluding hydrogens is 422 g/mol. The van der Waals surface area contributed by atoms with Gasteiger partial charge in [0.1, 0.15) is 0 Å². The molecule has 0 aliphatic carbocycles. The van der Waals surface area contributed by atoms with Crippen molar-refractivity contribution in [3.63, 3.8) is 0 Å². The van der Waals surface area contributed by atoms with E-state index in [-0.39, 0.29) is 17.1 Å². The molecule has 2 aromatic rings. The second-order valence-electron chi connectivity index (χ2n) is 8.98. The lowest BCUT2D eigenvalue weighted by molar-refractivity contribution is -0.0605. The van der Waals surface area contributed by atoms with Crippen molar-refractivity contribution in [2.45, 2.75) is 63.6 Å². The number of Topliss-reactive ketones (excluding diaryl/α,β-unsaturated/α-hetero) is 1. The second kappa shape index (κ2) is 10.2. The Labute approximate surface area is 192 Å². The third-order valence-electron chi connectivity index (χ3n) is 6.57. The van der Waals surface area contributed by atoms with Crippen LogP contribution in [0.5, 0.6) is 0 Å². The average molecular weight is 458 g/mol. The predicted octanol–water partition coefficient (Wildman–Crippen LogP) is 4.83. The second-order valence-corrected chi connectivity index (χ2v) is 11.5. The van der Waals surface area contributed by atoms with Gasteiger partial charge in [0.15, 0.2) is 15.6 Å². The highest BCUT2D eigenvalue weighted by Crippen LogP contribution is 2.29. The first-order valence-corrected chi connectivity index (χ1v) is 13.2. The summed E-state index contributed by atoms with van der Waals surface area (Å²) in [6.07, 6.45) is 2.31. The summed E-state index contributed by atoms with van der Waals surface area (Å²) in [5, 5.41) is -0.412. The minimum Gasteiger partial charge on any atom is -0.371 e. The summed E-state index contributed by atoms with van der Waals surface area (Å²) in [7, 11) is -3.15. The first-order valence-electron chi connectivity index (χ1n) is 11.5. The Kier molecular flexibility index (Phi) is 7.78. The summed E-state index contributed by atoms with van der Waals surface area (Å²) in [4.78, 5) is 15.1. The van der Waals surface area contributed by atoms with Crippen molar-refractivity contribution in [3.05, 3.63) is 65.2 Å². The van der Waals surface area contributed by atoms with Gasteiger partial charge in [-0.2, -0.15) is 0 Å². The van der Waals surface area contributed by atoms with Gasteiger partial charge in [0.05, 0.1) is 23.2 Å². The molecule has 0 radical (unpaired) electrons. The molecule has 0 N–H and O–H groups in total. The minimum absolute atomic E-state index is 0.000508. The Balaban J connectivity index is 1.62. The number of rotatable bonds is 9. The number of ketones is 1. The SMILES string of the molecule is CCC1(CC)CN(c2ccc(CC(=O)c3ccc(CS(=O)(=O)C(C)C)cc3)cc2)CCO1. The quantitative estimate of drug-likeness (QED) is 0.505. The lowest BCUT2D eigenvalue weighted by atomic mass is 9.94. The number of carbonyl (C=O) groups is 1. The number of sulfone groups is 1. The molecule has 5 nitrogen and oxygen atoms in total. The van der Waals surface area contributed by atoms with E-state index in [1.807, 2.05) is 12.1 Å². The standard InChI is InChI=1S/C26H35NO4S/c1-5-26(6-2)19-27(15-16-31-26)24-13-9-21(10-14-24)17-25(28)23-11-7-22(8-12-23)18-32(29,30)20(3)4/h7-14,20H,5-6,15-19H2,1-4H3. The van der Waals surface area contributed by atoms with Gasteiger partial charge in [-0.1, -0.05) is 50.2 Å². The van der Waals surface area contributed by atoms with E-state index in [1.54, 1.807) is 38.1 Å². The summed E-state index contributed by atoms with van der Waals surface area (Å²) < 4.78 is 30.3. The van der Waals surface area contributed by atoms with E-state index < -0.39 is 15.1 Å². The van der Waals surface area contributed by atoms with E-state index in [9.17, 15) is 13.2 Å². The zero-order valence-corrected chi connectivity index (χ0v) is 20.5. The van der Waals surface area contributed by atoms with Crippen molar-refractivity contribution in [2.24, 2.45) is 0 Å². The van der Waals surface area contributed by atoms with Crippen LogP contribution in [0.2, 0.25) is 0 Å². The van der Waals surface area contributed by atoms with Crippen LogP contribution in [0.15, 0.2) is 48.5 Å². The molecule has 1 aliphatic heterocycles. The maximum Gasteiger partial charge on any atom is 0.167 e. The van der Waals surface area contributed by atoms with Crippen LogP contribution in [0.1, 0.15) is 62.0 Å². The van der Waals surface area contributed by atoms with Gasteiger partial charge in [0, 0.05) is 30.8 Å². The van der Waals surface area contributed by atoms with Crippen molar-refractivity contribution >= 4 is 21.3 Å². The first-order chi connectivity index (χ1) is 15.2. The molecule has 3 rings (SSSR count). The highest BCUT2D eigenvalue weighted by atomic mass is 32.2. The number of anilines is 1. The van der Waals surface area contributed by atoms with E-state index in [1.165, 1.54) is 0 Å². The van der Waals surface area contributed by atoms with Crippen molar-refractivity contribution in [1.29, 1.82) is 0 Å². The van der Waals surface area contributed by atoms with E-state index in [4.69, 9.17) is 4.74 Å². The number of ether oxygens (including phenoxy) is 1. The maximum atomic E-state index is 12.7. The third-order valence-corrected chi connectivity index (χ3v) is 8.74. The summed E-state index contributed by atoms with van der Waals surface area (Å²) in [6, 6.07) is 15.1. The van der Waals surface area contributed by atoms with Gasteiger partial charge >= 0.3 is 0 Å². The molecule has 1 fully saturated rings. The molecule has 0 bridgehead atoms. The lowest BCUT2D eigenvalue weighted by Gasteiger charge is -2.43. The molecule has 1 aliphatic rings. The monoisotopic (exact) mass is 457 g/mol. The summed E-state index contributed by atoms with van der Waals surface area (Å²) >= 11 is 0. The predicted molar refractivity (Wildman–Crippen MR) is 130 cm³/mol. The van der Waals surface area contributed by atoms with Crippen molar-refractivity contribution in [1.82, 2.24) is 0 Å². The van der Waals surface area contributed by atoms with Gasteiger partial charge in [-0.3, -0.25) is 4.79 Å². The molecule has 1 saturated heterocycles. The molecule has 6 heteroatoms. The van der Waals surface area contributed by atoms with Gasteiger partial charge in [-0.05, 0) is 49.9 Å². The van der Waals surface area contributed by atoms with Gasteiger partial charge in [0.25, 0.3) is 0 Å². The molecule has 1 heterocycles. The summed E-state index contributed by atoms with van der Waals surface area (Å²) in [6.45, 7) is 10.2. The smallest absolute Gasteiger partial charge is 0.167 e. The highest BCUT2D eigenvalue weighted by molar-refractivity contribution is 7.91. The maximum absolute atomic E-state index is 12.7. The van der Waals surface area contributed by atoms with Crippen LogP contribution in [0.4, 0.5) is 5.69 Å². The Hall–Kier alpha value is -2.18. The molecule has 32 heavy (non-hydrogen) atoms. The van der Waals surface area contributed by atoms with Crippen molar-refractivity contribution in [2.75, 3.05) is 24.6 Å². The molecular formula is C26H35NO4S. The lowest BCUT2D eigenvalue weighted by Crippen LogP contribution is -2.51. The van der Waals surface area contributed by atoms with Gasteiger partial charge < -0.3 is 9.64 Å². The molecule has 0 saturated carbocycles. The zero-order valence-electron chi connectivity index (χ0n) is 19.6. The molecule has 0 amide bonds. The van der Waals surface area contributed by atoms with E-state index >= 15 is 0 Å². The van der Waals surface area contributed by atoms with Crippen molar-refractivity contribution < 1.29 is 17.9 Å². The zero-order chi connectivity index (χ0) is 23.4. The number of benzene rings is 2. The van der Waals surface area contributed by atoms with E-state index in [2.05, 4.69) is 30.9 Å². The van der Waals surface area contributed by atoms with Crippen LogP contribution in [0, 0.1) is 0 Å². The van der Waals surface area contributed by atoms with E-state index in [0.29, 0.717) is 17.5 Å². The van der Waals surface area contributed by atoms with Gasteiger partial charge in [0.2, 0.25) is 0 Å². The molecule has 0 aromatic heterocycles. The Bertz CT molecular complexity index is 1010. The first kappa shape index (κ1) is 24.5. The molecule has 0 atom stereocenters. The third kappa shape index (κ3) is 5.78. The largest absolute Gasteiger partial charge is 0.371 e. The number of morpholine rings is 1. The molecule has 2 aromatic carbocycles. The number of hydrogen-bond acceptors (Lipinski definition) is 5. The van der Waals surface area contributed by atoms with Gasteiger partial charge in [-0.15, -0.1) is 0 Å². The molecule has 0 unspecified atom stereocenters. The normalized spacial score (nSPS) is 16.3. The average Bonchev–Trinajstić information content (AvgIpc) is 2.79. The minimum atomic E-state index is -3.15. The number of carbonyl (C=O) groups excluding carboxylic acids is 1. The number of nitrogens with zero attached hydrogens (tertiary/aromatic N) is 1. The van der Waals surface area contributed by atoms with Crippen LogP contribution < -0.4 is 4.90 Å². The Morgan fingerprint density at radius 3 is 2.16 bits per heavy atom. The van der Waals surface area contributed by atoms with Crippen LogP contribution in [0.3, 0.4) is 0 Å². The molecule has 174 valence electrons. The van der Waals surface area contributed by atoms with Crippen LogP contribution >= 0.6 is 0 Å². The van der Waals surface area contributed by atoms with Crippen LogP contribution in [-0.2, 0) is 26.7 Å². The van der Waals surface area contributed by atoms with Gasteiger partial charge in [-0.25, -0.2) is 8.42 Å². The highest BCUT2D eigenvalue weighted by Gasteiger charge is 2.33. The fourth-order valence-electron chi connectivity index (χ4n) is 4.04. The fourth-order valence-corrected chi connectivity index (χ4v) is 5.03. The summed E-state index contributed by atoms with van der Waals surface area (Å²) in [5.74, 6) is 0.0258. The van der Waals surface area contributed by atoms with Crippen LogP contribution in [0.25, 0.3) is 0 Å². The number of hydrogen-bond donors (Lipinski definition) is 0. The Morgan fingerprint density at radius 1 is 1.00 bits per heavy atom. The van der Waals surface area contributed by atoms with E-state index in [0.717, 1.165) is 43.8 Å². The summed E-state index contributed by atoms with van der Waals surface area (Å²) in [5.41, 5.74) is 3.36. The Morgan fingerprint density at radius 2 is 1.59 bits per heavy atom. The fraction of sp³-hybridized carbons (Fsp3) is 0.500. The molecule has 0 spiro atoms. The topological polar surface area (TPSA) is 63.7 Å². The van der Waals surface area contributed by atoms with Crippen molar-refractivity contribution in [3.8, 4) is 0 Å².